The number of Topliss-reactive ketones (excluding diaryl/α,β-unsaturated/α-hetero) is 1. The van der Waals surface area contributed by atoms with Crippen molar-refractivity contribution in [3.05, 3.63) is 34.4 Å². The minimum atomic E-state index is 0.0806. The molecule has 1 N–H and O–H groups in total. The van der Waals surface area contributed by atoms with Gasteiger partial charge in [0.25, 0.3) is 0 Å². The molecule has 0 radical (unpaired) electrons. The van der Waals surface area contributed by atoms with E-state index in [-0.39, 0.29) is 5.78 Å². The van der Waals surface area contributed by atoms with Gasteiger partial charge in [-0.05, 0) is 25.1 Å². The largest absolute Gasteiger partial charge is 0.361 e. The number of fused-ring (bicyclic) bond motifs is 1. The van der Waals surface area contributed by atoms with Crippen LogP contribution in [-0.2, 0) is 0 Å². The van der Waals surface area contributed by atoms with Gasteiger partial charge in [0, 0.05) is 27.1 Å². The quantitative estimate of drug-likeness (QED) is 0.760. The lowest BCUT2D eigenvalue weighted by Crippen LogP contribution is -1.93. The number of ketones is 1. The molecule has 2 rings (SSSR count). The first-order chi connectivity index (χ1) is 6.20. The van der Waals surface area contributed by atoms with Gasteiger partial charge in [0.05, 0.1) is 0 Å². The zero-order chi connectivity index (χ0) is 9.42. The van der Waals surface area contributed by atoms with Crippen LogP contribution in [0.5, 0.6) is 0 Å². The highest BCUT2D eigenvalue weighted by atomic mass is 79.9. The Bertz CT molecular complexity index is 473. The predicted octanol–water partition coefficient (Wildman–Crippen LogP) is 3.13. The minimum Gasteiger partial charge on any atom is -0.361 e. The van der Waals surface area contributed by atoms with E-state index in [1.54, 1.807) is 6.92 Å². The van der Waals surface area contributed by atoms with Crippen molar-refractivity contribution in [1.82, 2.24) is 4.98 Å². The van der Waals surface area contributed by atoms with Crippen LogP contribution in [0, 0.1) is 0 Å². The van der Waals surface area contributed by atoms with E-state index < -0.39 is 0 Å². The van der Waals surface area contributed by atoms with Gasteiger partial charge in [-0.15, -0.1) is 0 Å². The molecule has 0 amide bonds. The van der Waals surface area contributed by atoms with E-state index >= 15 is 0 Å². The van der Waals surface area contributed by atoms with Crippen molar-refractivity contribution >= 4 is 32.6 Å². The number of rotatable bonds is 1. The molecule has 1 heterocycles. The van der Waals surface area contributed by atoms with E-state index in [9.17, 15) is 4.79 Å². The van der Waals surface area contributed by atoms with Gasteiger partial charge in [0.1, 0.15) is 0 Å². The molecule has 0 fully saturated rings. The summed E-state index contributed by atoms with van der Waals surface area (Å²) < 4.78 is 0.854. The summed E-state index contributed by atoms with van der Waals surface area (Å²) in [4.78, 5) is 14.4. The second kappa shape index (κ2) is 3.00. The minimum absolute atomic E-state index is 0.0806. The first kappa shape index (κ1) is 8.51. The molecular formula is C10H8BrNO. The molecule has 1 aromatic carbocycles. The first-order valence-corrected chi connectivity index (χ1v) is 4.76. The third kappa shape index (κ3) is 1.29. The Morgan fingerprint density at radius 3 is 2.85 bits per heavy atom. The van der Waals surface area contributed by atoms with Crippen LogP contribution in [0.3, 0.4) is 0 Å². The van der Waals surface area contributed by atoms with Crippen molar-refractivity contribution in [2.24, 2.45) is 0 Å². The SMILES string of the molecule is CC(=O)c1c(Br)ccc2[nH]ccc12. The Balaban J connectivity index is 2.88. The van der Waals surface area contributed by atoms with E-state index in [0.717, 1.165) is 20.9 Å². The third-order valence-electron chi connectivity index (χ3n) is 2.04. The molecule has 1 aromatic heterocycles. The molecule has 0 unspecified atom stereocenters. The number of carbonyl (C=O) groups is 1. The van der Waals surface area contributed by atoms with Crippen molar-refractivity contribution in [3.8, 4) is 0 Å². The van der Waals surface area contributed by atoms with Gasteiger partial charge in [-0.2, -0.15) is 0 Å². The van der Waals surface area contributed by atoms with Crippen molar-refractivity contribution < 1.29 is 4.79 Å². The van der Waals surface area contributed by atoms with Gasteiger partial charge in [-0.25, -0.2) is 0 Å². The van der Waals surface area contributed by atoms with Crippen LogP contribution >= 0.6 is 15.9 Å². The lowest BCUT2D eigenvalue weighted by atomic mass is 10.1. The summed E-state index contributed by atoms with van der Waals surface area (Å²) >= 11 is 3.37. The molecule has 0 aliphatic heterocycles. The molecule has 2 aromatic rings. The fourth-order valence-electron chi connectivity index (χ4n) is 1.46. The number of nitrogens with one attached hydrogen (secondary N) is 1. The molecule has 0 spiro atoms. The van der Waals surface area contributed by atoms with Crippen LogP contribution in [0.2, 0.25) is 0 Å². The Kier molecular flexibility index (Phi) is 1.96. The smallest absolute Gasteiger partial charge is 0.161 e. The number of halogens is 1. The second-order valence-corrected chi connectivity index (χ2v) is 3.77. The number of benzene rings is 1. The number of H-pyrrole nitrogens is 1. The zero-order valence-electron chi connectivity index (χ0n) is 7.10. The van der Waals surface area contributed by atoms with Gasteiger partial charge in [-0.3, -0.25) is 4.79 Å². The molecular weight excluding hydrogens is 230 g/mol. The molecule has 0 aliphatic carbocycles. The van der Waals surface area contributed by atoms with Crippen LogP contribution < -0.4 is 0 Å². The fourth-order valence-corrected chi connectivity index (χ4v) is 2.09. The predicted molar refractivity (Wildman–Crippen MR) is 56.0 cm³/mol. The van der Waals surface area contributed by atoms with Gasteiger partial charge in [0.15, 0.2) is 5.78 Å². The average molecular weight is 238 g/mol. The summed E-state index contributed by atoms with van der Waals surface area (Å²) in [7, 11) is 0. The van der Waals surface area contributed by atoms with Gasteiger partial charge in [0.2, 0.25) is 0 Å². The molecule has 66 valence electrons. The van der Waals surface area contributed by atoms with Gasteiger partial charge in [-0.1, -0.05) is 15.9 Å². The normalized spacial score (nSPS) is 10.6. The maximum Gasteiger partial charge on any atom is 0.161 e. The lowest BCUT2D eigenvalue weighted by Gasteiger charge is -2.01. The molecule has 13 heavy (non-hydrogen) atoms. The number of carbonyl (C=O) groups excluding carboxylic acids is 1. The number of aromatic nitrogens is 1. The van der Waals surface area contributed by atoms with E-state index in [4.69, 9.17) is 0 Å². The molecule has 0 bridgehead atoms. The standard InChI is InChI=1S/C10H8BrNO/c1-6(13)10-7-4-5-12-9(7)3-2-8(10)11/h2-5,12H,1H3. The Morgan fingerprint density at radius 1 is 1.38 bits per heavy atom. The van der Waals surface area contributed by atoms with E-state index in [0.29, 0.717) is 0 Å². The second-order valence-electron chi connectivity index (χ2n) is 2.92. The Morgan fingerprint density at radius 2 is 2.15 bits per heavy atom. The topological polar surface area (TPSA) is 32.9 Å². The fraction of sp³-hybridized carbons (Fsp3) is 0.100. The van der Waals surface area contributed by atoms with Crippen LogP contribution in [0.4, 0.5) is 0 Å². The van der Waals surface area contributed by atoms with Crippen molar-refractivity contribution in [1.29, 1.82) is 0 Å². The zero-order valence-corrected chi connectivity index (χ0v) is 8.68. The van der Waals surface area contributed by atoms with E-state index in [2.05, 4.69) is 20.9 Å². The number of hydrogen-bond donors (Lipinski definition) is 1. The van der Waals surface area contributed by atoms with E-state index in [1.807, 2.05) is 24.4 Å². The summed E-state index contributed by atoms with van der Waals surface area (Å²) in [5.41, 5.74) is 1.74. The van der Waals surface area contributed by atoms with Crippen LogP contribution in [0.25, 0.3) is 10.9 Å². The Hall–Kier alpha value is -1.09. The average Bonchev–Trinajstić information content (AvgIpc) is 2.50. The molecule has 3 heteroatoms. The maximum atomic E-state index is 11.3. The number of hydrogen-bond acceptors (Lipinski definition) is 1. The summed E-state index contributed by atoms with van der Waals surface area (Å²) in [5, 5.41) is 0.974. The van der Waals surface area contributed by atoms with Crippen molar-refractivity contribution in [2.45, 2.75) is 6.92 Å². The van der Waals surface area contributed by atoms with Gasteiger partial charge < -0.3 is 4.98 Å². The van der Waals surface area contributed by atoms with Crippen LogP contribution in [-0.4, -0.2) is 10.8 Å². The Labute approximate surface area is 84.1 Å². The highest BCUT2D eigenvalue weighted by Crippen LogP contribution is 2.25. The first-order valence-electron chi connectivity index (χ1n) is 3.96. The van der Waals surface area contributed by atoms with Crippen LogP contribution in [0.1, 0.15) is 17.3 Å². The summed E-state index contributed by atoms with van der Waals surface area (Å²) in [5.74, 6) is 0.0806. The summed E-state index contributed by atoms with van der Waals surface area (Å²) in [6, 6.07) is 5.75. The molecule has 0 saturated heterocycles. The highest BCUT2D eigenvalue weighted by molar-refractivity contribution is 9.10. The van der Waals surface area contributed by atoms with E-state index in [1.165, 1.54) is 0 Å². The highest BCUT2D eigenvalue weighted by Gasteiger charge is 2.09. The molecule has 0 aliphatic rings. The summed E-state index contributed by atoms with van der Waals surface area (Å²) in [6.07, 6.45) is 1.84. The summed E-state index contributed by atoms with van der Waals surface area (Å²) in [6.45, 7) is 1.58. The molecule has 0 saturated carbocycles. The molecule has 0 atom stereocenters. The van der Waals surface area contributed by atoms with Crippen LogP contribution in [0.15, 0.2) is 28.9 Å². The monoisotopic (exact) mass is 237 g/mol. The third-order valence-corrected chi connectivity index (χ3v) is 2.70. The molecule has 2 nitrogen and oxygen atoms in total. The van der Waals surface area contributed by atoms with Crippen molar-refractivity contribution in [3.63, 3.8) is 0 Å². The maximum absolute atomic E-state index is 11.3. The van der Waals surface area contributed by atoms with Gasteiger partial charge >= 0.3 is 0 Å². The lowest BCUT2D eigenvalue weighted by molar-refractivity contribution is 0.101. The van der Waals surface area contributed by atoms with Crippen molar-refractivity contribution in [2.75, 3.05) is 0 Å². The number of aromatic amines is 1.